The monoisotopic (exact) mass is 666 g/mol. The Labute approximate surface area is 249 Å². The summed E-state index contributed by atoms with van der Waals surface area (Å²) in [6.07, 6.45) is 3.27. The molecule has 4 rings (SSSR count). The number of carboxylic acids is 2. The summed E-state index contributed by atoms with van der Waals surface area (Å²) in [6.45, 7) is 0. The minimum atomic E-state index is -0.948. The van der Waals surface area contributed by atoms with Crippen molar-refractivity contribution in [2.24, 2.45) is 0 Å². The van der Waals surface area contributed by atoms with Crippen LogP contribution >= 0.6 is 23.2 Å². The SMILES string of the molecule is O=C(O)/C(=C/c1ccc(Cl)cc1)c1ccccc1.O=C(O)/C(=C/c1ccc(Cl)cc1)c1ccccc1.[CH3][Sn][CH3]. The van der Waals surface area contributed by atoms with E-state index in [1.165, 1.54) is 0 Å². The molecule has 0 aliphatic rings. The number of carbonyl (C=O) groups is 2. The van der Waals surface area contributed by atoms with E-state index in [2.05, 4.69) is 9.88 Å². The molecule has 0 amide bonds. The van der Waals surface area contributed by atoms with E-state index in [4.69, 9.17) is 23.2 Å². The molecule has 7 heteroatoms. The van der Waals surface area contributed by atoms with Crippen LogP contribution in [-0.4, -0.2) is 43.3 Å². The van der Waals surface area contributed by atoms with Crippen molar-refractivity contribution in [3.63, 3.8) is 0 Å². The molecule has 0 bridgehead atoms. The molecule has 4 nitrogen and oxygen atoms in total. The van der Waals surface area contributed by atoms with Crippen LogP contribution in [0.1, 0.15) is 22.3 Å². The molecule has 0 unspecified atom stereocenters. The molecule has 0 saturated heterocycles. The topological polar surface area (TPSA) is 74.6 Å². The van der Waals surface area contributed by atoms with Crippen molar-refractivity contribution in [2.45, 2.75) is 9.88 Å². The van der Waals surface area contributed by atoms with Crippen molar-refractivity contribution in [2.75, 3.05) is 0 Å². The fourth-order valence-electron chi connectivity index (χ4n) is 3.22. The average Bonchev–Trinajstić information content (AvgIpc) is 2.94. The fraction of sp³-hybridized carbons (Fsp3) is 0.0625. The van der Waals surface area contributed by atoms with Gasteiger partial charge in [0.05, 0.1) is 11.1 Å². The second-order valence-electron chi connectivity index (χ2n) is 8.06. The summed E-state index contributed by atoms with van der Waals surface area (Å²) < 4.78 is 0. The van der Waals surface area contributed by atoms with Gasteiger partial charge in [-0.2, -0.15) is 0 Å². The molecule has 4 aromatic rings. The Hall–Kier alpha value is -3.32. The van der Waals surface area contributed by atoms with Crippen LogP contribution in [-0.2, 0) is 9.59 Å². The molecule has 0 aromatic heterocycles. The van der Waals surface area contributed by atoms with Gasteiger partial charge in [0.2, 0.25) is 0 Å². The van der Waals surface area contributed by atoms with Crippen molar-refractivity contribution in [1.82, 2.24) is 0 Å². The number of halogens is 2. The molecule has 2 N–H and O–H groups in total. The summed E-state index contributed by atoms with van der Waals surface area (Å²) in [5, 5.41) is 19.8. The van der Waals surface area contributed by atoms with Crippen LogP contribution in [0.4, 0.5) is 0 Å². The molecule has 0 aliphatic carbocycles. The summed E-state index contributed by atoms with van der Waals surface area (Å²) in [7, 11) is 0. The van der Waals surface area contributed by atoms with Gasteiger partial charge in [-0.1, -0.05) is 108 Å². The van der Waals surface area contributed by atoms with E-state index in [1.807, 2.05) is 36.4 Å². The molecule has 0 fully saturated rings. The third-order valence-corrected chi connectivity index (χ3v) is 5.50. The van der Waals surface area contributed by atoms with E-state index in [0.29, 0.717) is 21.2 Å². The van der Waals surface area contributed by atoms with Crippen molar-refractivity contribution >= 4 is 79.6 Å². The summed E-state index contributed by atoms with van der Waals surface area (Å²) in [6, 6.07) is 32.1. The van der Waals surface area contributed by atoms with Crippen LogP contribution < -0.4 is 0 Å². The second-order valence-corrected chi connectivity index (χ2v) is 11.8. The molecule has 0 heterocycles. The molecule has 0 atom stereocenters. The van der Waals surface area contributed by atoms with Crippen LogP contribution in [0, 0.1) is 0 Å². The molecule has 2 radical (unpaired) electrons. The predicted molar refractivity (Wildman–Crippen MR) is 164 cm³/mol. The summed E-state index contributed by atoms with van der Waals surface area (Å²) in [5.74, 6) is -1.90. The molecule has 0 spiro atoms. The fourth-order valence-corrected chi connectivity index (χ4v) is 3.48. The number of carboxylic acid groups (broad SMARTS) is 2. The first-order valence-electron chi connectivity index (χ1n) is 11.9. The molecule has 198 valence electrons. The standard InChI is InChI=1S/2C15H11ClO2.2CH3.Sn/c2*16-13-8-6-11(7-9-13)10-14(15(17)18)12-4-2-1-3-5-12;;;/h2*1-10H,(H,17,18);2*1H3;/b2*14-10+;;;. The van der Waals surface area contributed by atoms with Gasteiger partial charge < -0.3 is 10.2 Å². The first-order chi connectivity index (χ1) is 18.7. The van der Waals surface area contributed by atoms with Gasteiger partial charge in [-0.05, 0) is 58.7 Å². The summed E-state index contributed by atoms with van der Waals surface area (Å²) >= 11 is 11.8. The van der Waals surface area contributed by atoms with Gasteiger partial charge in [0.15, 0.2) is 0 Å². The molecule has 0 saturated carbocycles. The Morgan fingerprint density at radius 1 is 0.564 bits per heavy atom. The van der Waals surface area contributed by atoms with E-state index in [1.54, 1.807) is 84.9 Å². The average molecular weight is 666 g/mol. The molecule has 4 aromatic carbocycles. The van der Waals surface area contributed by atoms with Crippen LogP contribution in [0.3, 0.4) is 0 Å². The minimum absolute atomic E-state index is 0.230. The van der Waals surface area contributed by atoms with Crippen molar-refractivity contribution in [3.8, 4) is 0 Å². The van der Waals surface area contributed by atoms with E-state index in [-0.39, 0.29) is 32.3 Å². The number of benzene rings is 4. The Morgan fingerprint density at radius 3 is 1.10 bits per heavy atom. The van der Waals surface area contributed by atoms with Gasteiger partial charge in [-0.15, -0.1) is 0 Å². The number of hydrogen-bond donors (Lipinski definition) is 2. The van der Waals surface area contributed by atoms with E-state index >= 15 is 0 Å². The third kappa shape index (κ3) is 11.5. The zero-order valence-electron chi connectivity index (χ0n) is 21.5. The number of rotatable bonds is 6. The van der Waals surface area contributed by atoms with Gasteiger partial charge in [-0.3, -0.25) is 0 Å². The molecular weight excluding hydrogens is 638 g/mol. The van der Waals surface area contributed by atoms with Crippen LogP contribution in [0.25, 0.3) is 23.3 Å². The summed E-state index contributed by atoms with van der Waals surface area (Å²) in [4.78, 5) is 27.1. The first kappa shape index (κ1) is 31.9. The molecule has 39 heavy (non-hydrogen) atoms. The zero-order valence-corrected chi connectivity index (χ0v) is 25.9. The van der Waals surface area contributed by atoms with E-state index in [9.17, 15) is 19.8 Å². The maximum absolute atomic E-state index is 11.3. The molecule has 0 aliphatic heterocycles. The van der Waals surface area contributed by atoms with Gasteiger partial charge in [0.1, 0.15) is 0 Å². The normalized spacial score (nSPS) is 10.9. The Morgan fingerprint density at radius 2 is 0.846 bits per heavy atom. The second kappa shape index (κ2) is 17.3. The molecular formula is C32H28Cl2O4Sn. The first-order valence-corrected chi connectivity index (χ1v) is 18.3. The van der Waals surface area contributed by atoms with Crippen LogP contribution in [0.15, 0.2) is 109 Å². The zero-order chi connectivity index (χ0) is 28.6. The van der Waals surface area contributed by atoms with Gasteiger partial charge in [0, 0.05) is 10.0 Å². The number of aliphatic carboxylic acids is 2. The van der Waals surface area contributed by atoms with E-state index in [0.717, 1.165) is 11.1 Å². The third-order valence-electron chi connectivity index (χ3n) is 4.99. The van der Waals surface area contributed by atoms with Crippen LogP contribution in [0.5, 0.6) is 0 Å². The Kier molecular flexibility index (Phi) is 14.2. The van der Waals surface area contributed by atoms with Gasteiger partial charge in [0.25, 0.3) is 0 Å². The Bertz CT molecular complexity index is 1280. The quantitative estimate of drug-likeness (QED) is 0.123. The van der Waals surface area contributed by atoms with Crippen molar-refractivity contribution in [3.05, 3.63) is 141 Å². The predicted octanol–water partition coefficient (Wildman–Crippen LogP) is 8.72. The van der Waals surface area contributed by atoms with Crippen LogP contribution in [0.2, 0.25) is 19.9 Å². The summed E-state index contributed by atoms with van der Waals surface area (Å²) in [5.41, 5.74) is 3.50. The van der Waals surface area contributed by atoms with Gasteiger partial charge >= 0.3 is 43.0 Å². The number of hydrogen-bond acceptors (Lipinski definition) is 2. The van der Waals surface area contributed by atoms with Crippen molar-refractivity contribution < 1.29 is 19.8 Å². The van der Waals surface area contributed by atoms with Crippen molar-refractivity contribution in [1.29, 1.82) is 0 Å². The van der Waals surface area contributed by atoms with E-state index < -0.39 is 11.9 Å². The Balaban J connectivity index is 0.000000249. The van der Waals surface area contributed by atoms with Gasteiger partial charge in [-0.25, -0.2) is 9.59 Å². The maximum atomic E-state index is 11.3.